The van der Waals surface area contributed by atoms with Crippen LogP contribution in [0.3, 0.4) is 0 Å². The quantitative estimate of drug-likeness (QED) is 0.932. The van der Waals surface area contributed by atoms with Crippen molar-refractivity contribution in [2.75, 3.05) is 26.2 Å². The third-order valence-corrected chi connectivity index (χ3v) is 4.01. The molecule has 3 nitrogen and oxygen atoms in total. The van der Waals surface area contributed by atoms with Gasteiger partial charge >= 0.3 is 0 Å². The molecule has 1 saturated heterocycles. The number of piperazine rings is 1. The minimum absolute atomic E-state index is 0. The van der Waals surface area contributed by atoms with Gasteiger partial charge in [0.1, 0.15) is 0 Å². The molecule has 0 aromatic heterocycles. The summed E-state index contributed by atoms with van der Waals surface area (Å²) in [4.78, 5) is 2.56. The first-order valence-electron chi connectivity index (χ1n) is 6.84. The summed E-state index contributed by atoms with van der Waals surface area (Å²) in [6.45, 7) is 4.33. The highest BCUT2D eigenvalue weighted by atomic mass is 35.5. The Morgan fingerprint density at radius 3 is 2.40 bits per heavy atom. The summed E-state index contributed by atoms with van der Waals surface area (Å²) in [7, 11) is 0. The highest BCUT2D eigenvalue weighted by Crippen LogP contribution is 2.45. The Kier molecular flexibility index (Phi) is 6.78. The second-order valence-corrected chi connectivity index (χ2v) is 5.27. The topological polar surface area (TPSA) is 39.1 Å². The van der Waals surface area contributed by atoms with E-state index in [4.69, 9.17) is 0 Å². The summed E-state index contributed by atoms with van der Waals surface area (Å²) in [6.07, 6.45) is 2.63. The van der Waals surface area contributed by atoms with Crippen LogP contribution in [0.4, 0.5) is 0 Å². The van der Waals surface area contributed by atoms with E-state index in [2.05, 4.69) is 28.4 Å². The molecule has 2 fully saturated rings. The van der Waals surface area contributed by atoms with E-state index in [1.807, 2.05) is 12.1 Å². The van der Waals surface area contributed by atoms with E-state index >= 15 is 0 Å². The highest BCUT2D eigenvalue weighted by molar-refractivity contribution is 5.85. The first-order chi connectivity index (χ1) is 8.90. The van der Waals surface area contributed by atoms with E-state index < -0.39 is 0 Å². The lowest BCUT2D eigenvalue weighted by Gasteiger charge is -2.35. The SMILES string of the molecule is Cl.Cl.N#Cc1ccccc1[C@@H](C1CC1)N1CCNCC1. The standard InChI is InChI=1S/C15H19N3.2ClH/c16-11-13-3-1-2-4-14(13)15(12-5-6-12)18-9-7-17-8-10-18;;/h1-4,12,15,17H,5-10H2;2*1H/t15-;;/m1../s1. The fraction of sp³-hybridized carbons (Fsp3) is 0.533. The summed E-state index contributed by atoms with van der Waals surface area (Å²) < 4.78 is 0. The molecule has 1 aromatic carbocycles. The Morgan fingerprint density at radius 1 is 1.15 bits per heavy atom. The van der Waals surface area contributed by atoms with Gasteiger partial charge in [-0.25, -0.2) is 0 Å². The molecule has 0 bridgehead atoms. The average Bonchev–Trinajstić information content (AvgIpc) is 3.26. The fourth-order valence-electron chi connectivity index (χ4n) is 2.98. The number of nitriles is 1. The molecule has 0 amide bonds. The molecule has 20 heavy (non-hydrogen) atoms. The van der Waals surface area contributed by atoms with Gasteiger partial charge in [-0.15, -0.1) is 24.8 Å². The molecule has 1 N–H and O–H groups in total. The van der Waals surface area contributed by atoms with Gasteiger partial charge in [0.25, 0.3) is 0 Å². The molecule has 1 aliphatic carbocycles. The maximum absolute atomic E-state index is 9.29. The highest BCUT2D eigenvalue weighted by Gasteiger charge is 2.37. The summed E-state index contributed by atoms with van der Waals surface area (Å²) >= 11 is 0. The number of hydrogen-bond donors (Lipinski definition) is 1. The first kappa shape index (κ1) is 17.3. The van der Waals surface area contributed by atoms with Gasteiger partial charge in [0.15, 0.2) is 0 Å². The van der Waals surface area contributed by atoms with Crippen molar-refractivity contribution in [2.45, 2.75) is 18.9 Å². The number of nitrogens with zero attached hydrogens (tertiary/aromatic N) is 2. The molecule has 1 aliphatic heterocycles. The monoisotopic (exact) mass is 313 g/mol. The van der Waals surface area contributed by atoms with Crippen molar-refractivity contribution < 1.29 is 0 Å². The van der Waals surface area contributed by atoms with Crippen LogP contribution >= 0.6 is 24.8 Å². The largest absolute Gasteiger partial charge is 0.314 e. The Bertz CT molecular complexity index is 462. The lowest BCUT2D eigenvalue weighted by molar-refractivity contribution is 0.156. The van der Waals surface area contributed by atoms with Crippen molar-refractivity contribution in [3.8, 4) is 6.07 Å². The molecule has 0 unspecified atom stereocenters. The molecule has 2 aliphatic rings. The van der Waals surface area contributed by atoms with Crippen molar-refractivity contribution in [1.82, 2.24) is 10.2 Å². The predicted molar refractivity (Wildman–Crippen MR) is 85.6 cm³/mol. The summed E-state index contributed by atoms with van der Waals surface area (Å²) in [5, 5.41) is 12.7. The molecule has 110 valence electrons. The number of benzene rings is 1. The zero-order chi connectivity index (χ0) is 12.4. The van der Waals surface area contributed by atoms with Crippen LogP contribution in [0.1, 0.15) is 30.0 Å². The smallest absolute Gasteiger partial charge is 0.0995 e. The van der Waals surface area contributed by atoms with Crippen LogP contribution in [0, 0.1) is 17.2 Å². The maximum atomic E-state index is 9.29. The van der Waals surface area contributed by atoms with Crippen LogP contribution in [0.25, 0.3) is 0 Å². The number of halogens is 2. The van der Waals surface area contributed by atoms with Crippen LogP contribution in [0.15, 0.2) is 24.3 Å². The lowest BCUT2D eigenvalue weighted by Crippen LogP contribution is -2.45. The third kappa shape index (κ3) is 3.65. The Labute approximate surface area is 133 Å². The van der Waals surface area contributed by atoms with Crippen LogP contribution in [-0.4, -0.2) is 31.1 Å². The molecule has 1 aromatic rings. The summed E-state index contributed by atoms with van der Waals surface area (Å²) in [5.41, 5.74) is 2.09. The van der Waals surface area contributed by atoms with E-state index in [-0.39, 0.29) is 24.8 Å². The van der Waals surface area contributed by atoms with Crippen molar-refractivity contribution in [2.24, 2.45) is 5.92 Å². The molecule has 1 saturated carbocycles. The second kappa shape index (κ2) is 7.85. The molecular formula is C15H21Cl2N3. The van der Waals surface area contributed by atoms with E-state index in [0.29, 0.717) is 6.04 Å². The van der Waals surface area contributed by atoms with Crippen LogP contribution in [-0.2, 0) is 0 Å². The minimum Gasteiger partial charge on any atom is -0.314 e. The molecule has 1 heterocycles. The second-order valence-electron chi connectivity index (χ2n) is 5.27. The number of hydrogen-bond acceptors (Lipinski definition) is 3. The van der Waals surface area contributed by atoms with E-state index in [0.717, 1.165) is 37.7 Å². The van der Waals surface area contributed by atoms with Crippen molar-refractivity contribution >= 4 is 24.8 Å². The normalized spacial score (nSPS) is 20.1. The lowest BCUT2D eigenvalue weighted by atomic mass is 9.95. The van der Waals surface area contributed by atoms with Gasteiger partial charge in [0.05, 0.1) is 11.6 Å². The minimum atomic E-state index is 0. The fourth-order valence-corrected chi connectivity index (χ4v) is 2.98. The zero-order valence-corrected chi connectivity index (χ0v) is 13.1. The van der Waals surface area contributed by atoms with E-state index in [1.165, 1.54) is 18.4 Å². The van der Waals surface area contributed by atoms with Gasteiger partial charge in [-0.3, -0.25) is 4.90 Å². The van der Waals surface area contributed by atoms with Crippen molar-refractivity contribution in [1.29, 1.82) is 5.26 Å². The van der Waals surface area contributed by atoms with Crippen molar-refractivity contribution in [3.05, 3.63) is 35.4 Å². The Balaban J connectivity index is 0.000001000. The molecule has 5 heteroatoms. The molecule has 0 radical (unpaired) electrons. The molecular weight excluding hydrogens is 293 g/mol. The zero-order valence-electron chi connectivity index (χ0n) is 11.4. The number of nitrogens with one attached hydrogen (secondary N) is 1. The van der Waals surface area contributed by atoms with Gasteiger partial charge in [0.2, 0.25) is 0 Å². The van der Waals surface area contributed by atoms with Crippen LogP contribution in [0.2, 0.25) is 0 Å². The summed E-state index contributed by atoms with van der Waals surface area (Å²) in [6, 6.07) is 10.9. The Hall–Kier alpha value is -0.790. The van der Waals surface area contributed by atoms with Crippen molar-refractivity contribution in [3.63, 3.8) is 0 Å². The average molecular weight is 314 g/mol. The van der Waals surface area contributed by atoms with Gasteiger partial charge in [-0.05, 0) is 30.4 Å². The van der Waals surface area contributed by atoms with E-state index in [1.54, 1.807) is 0 Å². The molecule has 0 spiro atoms. The van der Waals surface area contributed by atoms with Crippen LogP contribution < -0.4 is 5.32 Å². The van der Waals surface area contributed by atoms with Gasteiger partial charge in [-0.2, -0.15) is 5.26 Å². The van der Waals surface area contributed by atoms with E-state index in [9.17, 15) is 5.26 Å². The van der Waals surface area contributed by atoms with Crippen LogP contribution in [0.5, 0.6) is 0 Å². The molecule has 3 rings (SSSR count). The van der Waals surface area contributed by atoms with Gasteiger partial charge in [0, 0.05) is 32.2 Å². The third-order valence-electron chi connectivity index (χ3n) is 4.01. The number of rotatable bonds is 3. The first-order valence-corrected chi connectivity index (χ1v) is 6.84. The predicted octanol–water partition coefficient (Wildman–Crippen LogP) is 2.76. The Morgan fingerprint density at radius 2 is 1.80 bits per heavy atom. The van der Waals surface area contributed by atoms with Gasteiger partial charge in [-0.1, -0.05) is 18.2 Å². The summed E-state index contributed by atoms with van der Waals surface area (Å²) in [5.74, 6) is 0.762. The molecule has 1 atom stereocenters. The van der Waals surface area contributed by atoms with Gasteiger partial charge < -0.3 is 5.32 Å². The maximum Gasteiger partial charge on any atom is 0.0995 e.